The van der Waals surface area contributed by atoms with Gasteiger partial charge in [0.05, 0.1) is 12.7 Å². The minimum Gasteiger partial charge on any atom is -0.496 e. The Labute approximate surface area is 114 Å². The van der Waals surface area contributed by atoms with Crippen molar-refractivity contribution in [3.05, 3.63) is 23.9 Å². The summed E-state index contributed by atoms with van der Waals surface area (Å²) in [4.78, 5) is 10.9. The summed E-state index contributed by atoms with van der Waals surface area (Å²) in [5.41, 5.74) is 1.01. The highest BCUT2D eigenvalue weighted by Crippen LogP contribution is 2.45. The number of carbonyl (C=O) groups is 1. The summed E-state index contributed by atoms with van der Waals surface area (Å²) in [7, 11) is 1.53. The van der Waals surface area contributed by atoms with Crippen LogP contribution >= 0.6 is 0 Å². The van der Waals surface area contributed by atoms with Crippen molar-refractivity contribution in [3.8, 4) is 28.5 Å². The molecule has 2 aromatic rings. The van der Waals surface area contributed by atoms with Gasteiger partial charge in [-0.3, -0.25) is 5.10 Å². The van der Waals surface area contributed by atoms with Crippen molar-refractivity contribution in [1.82, 2.24) is 10.2 Å². The summed E-state index contributed by atoms with van der Waals surface area (Å²) < 4.78 is 16.4. The Hall–Kier alpha value is -2.70. The predicted molar refractivity (Wildman–Crippen MR) is 68.5 cm³/mol. The maximum atomic E-state index is 10.9. The number of aromatic carboxylic acids is 1. The van der Waals surface area contributed by atoms with Crippen LogP contribution < -0.4 is 14.2 Å². The van der Waals surface area contributed by atoms with Crippen LogP contribution in [0.15, 0.2) is 18.2 Å². The van der Waals surface area contributed by atoms with Gasteiger partial charge >= 0.3 is 5.97 Å². The number of ether oxygens (including phenoxy) is 3. The van der Waals surface area contributed by atoms with Gasteiger partial charge in [-0.15, -0.1) is 0 Å². The van der Waals surface area contributed by atoms with E-state index in [9.17, 15) is 4.79 Å². The number of fused-ring (bicyclic) bond motifs is 1. The van der Waals surface area contributed by atoms with Crippen molar-refractivity contribution in [3.63, 3.8) is 0 Å². The normalized spacial score (nSPS) is 13.1. The van der Waals surface area contributed by atoms with Crippen molar-refractivity contribution >= 4 is 5.97 Å². The molecule has 2 N–H and O–H groups in total. The van der Waals surface area contributed by atoms with Crippen molar-refractivity contribution in [2.45, 2.75) is 0 Å². The molecule has 0 radical (unpaired) electrons. The highest BCUT2D eigenvalue weighted by atomic mass is 16.6. The van der Waals surface area contributed by atoms with Gasteiger partial charge in [-0.1, -0.05) is 0 Å². The van der Waals surface area contributed by atoms with Gasteiger partial charge in [0.1, 0.15) is 30.4 Å². The lowest BCUT2D eigenvalue weighted by Gasteiger charge is -2.21. The van der Waals surface area contributed by atoms with Crippen LogP contribution in [0.3, 0.4) is 0 Å². The van der Waals surface area contributed by atoms with Crippen LogP contribution in [0.5, 0.6) is 17.2 Å². The Bertz CT molecular complexity index is 665. The maximum Gasteiger partial charge on any atom is 0.353 e. The molecule has 1 aromatic heterocycles. The summed E-state index contributed by atoms with van der Waals surface area (Å²) in [5.74, 6) is 0.563. The van der Waals surface area contributed by atoms with E-state index in [-0.39, 0.29) is 5.69 Å². The summed E-state index contributed by atoms with van der Waals surface area (Å²) in [6.45, 7) is 0.892. The summed E-state index contributed by atoms with van der Waals surface area (Å²) in [6.07, 6.45) is 0. The van der Waals surface area contributed by atoms with E-state index in [1.54, 1.807) is 12.1 Å². The number of carboxylic acid groups (broad SMARTS) is 1. The van der Waals surface area contributed by atoms with Crippen molar-refractivity contribution < 1.29 is 24.1 Å². The third-order valence-electron chi connectivity index (χ3n) is 2.95. The monoisotopic (exact) mass is 276 g/mol. The molecule has 0 bridgehead atoms. The molecule has 7 nitrogen and oxygen atoms in total. The van der Waals surface area contributed by atoms with Crippen LogP contribution in [0.2, 0.25) is 0 Å². The molecule has 1 aromatic carbocycles. The number of nitrogens with one attached hydrogen (secondary N) is 1. The lowest BCUT2D eigenvalue weighted by Crippen LogP contribution is -2.16. The molecule has 1 aliphatic rings. The fourth-order valence-electron chi connectivity index (χ4n) is 2.07. The molecule has 0 saturated carbocycles. The van der Waals surface area contributed by atoms with Gasteiger partial charge in [0.15, 0.2) is 11.5 Å². The number of methoxy groups -OCH3 is 1. The SMILES string of the molecule is COc1ccc2c(c1-c1cc(C(=O)O)[nH]n1)OCCO2. The first-order valence-electron chi connectivity index (χ1n) is 5.96. The van der Waals surface area contributed by atoms with Crippen molar-refractivity contribution in [2.24, 2.45) is 0 Å². The number of hydrogen-bond donors (Lipinski definition) is 2. The second kappa shape index (κ2) is 4.76. The number of rotatable bonds is 3. The highest BCUT2D eigenvalue weighted by Gasteiger charge is 2.23. The molecule has 0 spiro atoms. The summed E-state index contributed by atoms with van der Waals surface area (Å²) >= 11 is 0. The molecule has 0 atom stereocenters. The quantitative estimate of drug-likeness (QED) is 0.883. The van der Waals surface area contributed by atoms with Crippen LogP contribution in [-0.4, -0.2) is 41.6 Å². The molecule has 0 fully saturated rings. The highest BCUT2D eigenvalue weighted by molar-refractivity contribution is 5.88. The van der Waals surface area contributed by atoms with E-state index in [2.05, 4.69) is 10.2 Å². The molecule has 104 valence electrons. The van der Waals surface area contributed by atoms with Gasteiger partial charge in [-0.2, -0.15) is 5.10 Å². The lowest BCUT2D eigenvalue weighted by atomic mass is 10.1. The van der Waals surface area contributed by atoms with Crippen LogP contribution in [0.25, 0.3) is 11.3 Å². The average Bonchev–Trinajstić information content (AvgIpc) is 2.95. The lowest BCUT2D eigenvalue weighted by molar-refractivity contribution is 0.0690. The molecule has 7 heteroatoms. The van der Waals surface area contributed by atoms with E-state index in [0.29, 0.717) is 41.7 Å². The van der Waals surface area contributed by atoms with Crippen LogP contribution in [0.4, 0.5) is 0 Å². The molecular formula is C13H12N2O5. The van der Waals surface area contributed by atoms with E-state index < -0.39 is 5.97 Å². The minimum atomic E-state index is -1.08. The zero-order chi connectivity index (χ0) is 14.1. The Morgan fingerprint density at radius 3 is 2.90 bits per heavy atom. The first-order chi connectivity index (χ1) is 9.70. The second-order valence-electron chi connectivity index (χ2n) is 4.14. The molecule has 0 saturated heterocycles. The number of aromatic amines is 1. The smallest absolute Gasteiger partial charge is 0.353 e. The van der Waals surface area contributed by atoms with Gasteiger partial charge in [0.2, 0.25) is 0 Å². The number of benzene rings is 1. The Morgan fingerprint density at radius 1 is 1.40 bits per heavy atom. The molecule has 1 aliphatic heterocycles. The average molecular weight is 276 g/mol. The third kappa shape index (κ3) is 1.93. The number of carboxylic acids is 1. The van der Waals surface area contributed by atoms with E-state index in [1.807, 2.05) is 0 Å². The number of H-pyrrole nitrogens is 1. The van der Waals surface area contributed by atoms with Crippen molar-refractivity contribution in [1.29, 1.82) is 0 Å². The Kier molecular flexibility index (Phi) is 2.94. The molecule has 20 heavy (non-hydrogen) atoms. The van der Waals surface area contributed by atoms with Crippen molar-refractivity contribution in [2.75, 3.05) is 20.3 Å². The maximum absolute atomic E-state index is 10.9. The fourth-order valence-corrected chi connectivity index (χ4v) is 2.07. The number of nitrogens with zero attached hydrogens (tertiary/aromatic N) is 1. The van der Waals surface area contributed by atoms with Gasteiger partial charge in [-0.25, -0.2) is 4.79 Å². The standard InChI is InChI=1S/C13H12N2O5/c1-18-9-2-3-10-12(20-5-4-19-10)11(9)7-6-8(13(16)17)15-14-7/h2-3,6H,4-5H2,1H3,(H,14,15)(H,16,17). The first kappa shape index (κ1) is 12.3. The minimum absolute atomic E-state index is 0.00335. The van der Waals surface area contributed by atoms with E-state index in [0.717, 1.165) is 0 Å². The zero-order valence-corrected chi connectivity index (χ0v) is 10.7. The summed E-state index contributed by atoms with van der Waals surface area (Å²) in [5, 5.41) is 15.4. The Morgan fingerprint density at radius 2 is 2.20 bits per heavy atom. The van der Waals surface area contributed by atoms with Crippen LogP contribution in [0.1, 0.15) is 10.5 Å². The molecule has 0 unspecified atom stereocenters. The van der Waals surface area contributed by atoms with Gasteiger partial charge in [0, 0.05) is 0 Å². The molecule has 3 rings (SSSR count). The largest absolute Gasteiger partial charge is 0.496 e. The first-order valence-corrected chi connectivity index (χ1v) is 5.96. The molecule has 2 heterocycles. The molecule has 0 aliphatic carbocycles. The van der Waals surface area contributed by atoms with Crippen LogP contribution in [-0.2, 0) is 0 Å². The van der Waals surface area contributed by atoms with E-state index in [1.165, 1.54) is 13.2 Å². The second-order valence-corrected chi connectivity index (χ2v) is 4.14. The van der Waals surface area contributed by atoms with Gasteiger partial charge in [0.25, 0.3) is 0 Å². The van der Waals surface area contributed by atoms with E-state index in [4.69, 9.17) is 19.3 Å². The summed E-state index contributed by atoms with van der Waals surface area (Å²) in [6, 6.07) is 4.91. The Balaban J connectivity index is 2.17. The van der Waals surface area contributed by atoms with Gasteiger partial charge < -0.3 is 19.3 Å². The molecular weight excluding hydrogens is 264 g/mol. The fraction of sp³-hybridized carbons (Fsp3) is 0.231. The third-order valence-corrected chi connectivity index (χ3v) is 2.95. The topological polar surface area (TPSA) is 93.7 Å². The number of hydrogen-bond acceptors (Lipinski definition) is 5. The van der Waals surface area contributed by atoms with Gasteiger partial charge in [-0.05, 0) is 18.2 Å². The zero-order valence-electron chi connectivity index (χ0n) is 10.7. The number of aromatic nitrogens is 2. The predicted octanol–water partition coefficient (Wildman–Crippen LogP) is 1.55. The van der Waals surface area contributed by atoms with E-state index >= 15 is 0 Å². The van der Waals surface area contributed by atoms with Crippen LogP contribution in [0, 0.1) is 0 Å². The molecule has 0 amide bonds.